The Morgan fingerprint density at radius 3 is 2.64 bits per heavy atom. The maximum absolute atomic E-state index is 12.5. The SMILES string of the molecule is N#CN[C@H](C=O)Cc1ccc(F)cc1. The van der Waals surface area contributed by atoms with E-state index in [4.69, 9.17) is 5.26 Å². The molecule has 3 nitrogen and oxygen atoms in total. The van der Waals surface area contributed by atoms with Crippen molar-refractivity contribution in [3.05, 3.63) is 35.6 Å². The Bertz CT molecular complexity index is 342. The van der Waals surface area contributed by atoms with E-state index in [1.807, 2.05) is 0 Å². The molecule has 0 aliphatic rings. The molecule has 1 aromatic carbocycles. The van der Waals surface area contributed by atoms with Gasteiger partial charge >= 0.3 is 0 Å². The second-order valence-electron chi connectivity index (χ2n) is 2.83. The van der Waals surface area contributed by atoms with Gasteiger partial charge in [0.2, 0.25) is 0 Å². The van der Waals surface area contributed by atoms with E-state index in [1.54, 1.807) is 18.3 Å². The Morgan fingerprint density at radius 1 is 1.50 bits per heavy atom. The molecule has 1 N–H and O–H groups in total. The summed E-state index contributed by atoms with van der Waals surface area (Å²) < 4.78 is 12.5. The number of carbonyl (C=O) groups is 1. The van der Waals surface area contributed by atoms with Crippen LogP contribution < -0.4 is 5.32 Å². The van der Waals surface area contributed by atoms with Gasteiger partial charge in [-0.25, -0.2) is 4.39 Å². The molecule has 1 rings (SSSR count). The second kappa shape index (κ2) is 4.97. The van der Waals surface area contributed by atoms with Crippen molar-refractivity contribution in [2.24, 2.45) is 0 Å². The summed E-state index contributed by atoms with van der Waals surface area (Å²) in [6.07, 6.45) is 2.74. The molecule has 0 spiro atoms. The molecule has 0 bridgehead atoms. The molecule has 1 atom stereocenters. The number of benzene rings is 1. The van der Waals surface area contributed by atoms with Crippen molar-refractivity contribution < 1.29 is 9.18 Å². The van der Waals surface area contributed by atoms with E-state index < -0.39 is 6.04 Å². The Morgan fingerprint density at radius 2 is 2.14 bits per heavy atom. The molecule has 1 aromatic rings. The lowest BCUT2D eigenvalue weighted by atomic mass is 10.1. The molecule has 0 aliphatic carbocycles. The Labute approximate surface area is 81.2 Å². The molecule has 14 heavy (non-hydrogen) atoms. The predicted molar refractivity (Wildman–Crippen MR) is 48.7 cm³/mol. The molecule has 0 heterocycles. The zero-order valence-corrected chi connectivity index (χ0v) is 7.40. The smallest absolute Gasteiger partial charge is 0.177 e. The fourth-order valence-corrected chi connectivity index (χ4v) is 1.09. The van der Waals surface area contributed by atoms with E-state index in [-0.39, 0.29) is 5.82 Å². The van der Waals surface area contributed by atoms with Crippen LogP contribution in [0.3, 0.4) is 0 Å². The summed E-state index contributed by atoms with van der Waals surface area (Å²) in [7, 11) is 0. The number of nitriles is 1. The van der Waals surface area contributed by atoms with E-state index >= 15 is 0 Å². The van der Waals surface area contributed by atoms with Gasteiger partial charge in [0.1, 0.15) is 12.1 Å². The van der Waals surface area contributed by atoms with Gasteiger partial charge in [0.25, 0.3) is 0 Å². The van der Waals surface area contributed by atoms with E-state index in [1.165, 1.54) is 12.1 Å². The maximum atomic E-state index is 12.5. The predicted octanol–water partition coefficient (Wildman–Crippen LogP) is 1.01. The Balaban J connectivity index is 2.63. The normalized spacial score (nSPS) is 11.4. The number of carbonyl (C=O) groups excluding carboxylic acids is 1. The van der Waals surface area contributed by atoms with Crippen LogP contribution in [0.4, 0.5) is 4.39 Å². The third-order valence-electron chi connectivity index (χ3n) is 1.78. The highest BCUT2D eigenvalue weighted by molar-refractivity contribution is 5.58. The summed E-state index contributed by atoms with van der Waals surface area (Å²) in [4.78, 5) is 10.5. The highest BCUT2D eigenvalue weighted by Crippen LogP contribution is 2.04. The van der Waals surface area contributed by atoms with Crippen molar-refractivity contribution in [2.75, 3.05) is 0 Å². The van der Waals surface area contributed by atoms with E-state index in [9.17, 15) is 9.18 Å². The summed E-state index contributed by atoms with van der Waals surface area (Å²) in [5, 5.41) is 10.6. The monoisotopic (exact) mass is 192 g/mol. The summed E-state index contributed by atoms with van der Waals surface area (Å²) in [6.45, 7) is 0. The summed E-state index contributed by atoms with van der Waals surface area (Å²) >= 11 is 0. The van der Waals surface area contributed by atoms with Crippen LogP contribution >= 0.6 is 0 Å². The van der Waals surface area contributed by atoms with Crippen LogP contribution in [0, 0.1) is 17.3 Å². The van der Waals surface area contributed by atoms with Gasteiger partial charge in [-0.3, -0.25) is 0 Å². The van der Waals surface area contributed by atoms with Gasteiger partial charge in [-0.2, -0.15) is 5.26 Å². The molecule has 72 valence electrons. The van der Waals surface area contributed by atoms with Crippen LogP contribution in [-0.4, -0.2) is 12.3 Å². The van der Waals surface area contributed by atoms with Crippen LogP contribution in [0.15, 0.2) is 24.3 Å². The van der Waals surface area contributed by atoms with Crippen molar-refractivity contribution in [1.29, 1.82) is 5.26 Å². The fourth-order valence-electron chi connectivity index (χ4n) is 1.09. The molecular weight excluding hydrogens is 183 g/mol. The molecule has 0 aromatic heterocycles. The van der Waals surface area contributed by atoms with Gasteiger partial charge in [0, 0.05) is 6.42 Å². The van der Waals surface area contributed by atoms with Gasteiger partial charge in [-0.15, -0.1) is 0 Å². The fraction of sp³-hybridized carbons (Fsp3) is 0.200. The van der Waals surface area contributed by atoms with Gasteiger partial charge in [0.05, 0.1) is 6.04 Å². The van der Waals surface area contributed by atoms with E-state index in [0.29, 0.717) is 12.7 Å². The van der Waals surface area contributed by atoms with Gasteiger partial charge in [-0.05, 0) is 17.7 Å². The average molecular weight is 192 g/mol. The van der Waals surface area contributed by atoms with Crippen LogP contribution in [0.1, 0.15) is 5.56 Å². The molecule has 4 heteroatoms. The van der Waals surface area contributed by atoms with Gasteiger partial charge in [0.15, 0.2) is 6.19 Å². The minimum atomic E-state index is -0.537. The maximum Gasteiger partial charge on any atom is 0.177 e. The van der Waals surface area contributed by atoms with E-state index in [0.717, 1.165) is 5.56 Å². The first-order valence-corrected chi connectivity index (χ1v) is 4.10. The third-order valence-corrected chi connectivity index (χ3v) is 1.78. The summed E-state index contributed by atoms with van der Waals surface area (Å²) in [6, 6.07) is 5.29. The lowest BCUT2D eigenvalue weighted by molar-refractivity contribution is -0.109. The summed E-state index contributed by atoms with van der Waals surface area (Å²) in [5.41, 5.74) is 0.811. The number of aldehydes is 1. The molecule has 0 saturated heterocycles. The number of nitrogens with one attached hydrogen (secondary N) is 1. The van der Waals surface area contributed by atoms with Crippen LogP contribution in [0.2, 0.25) is 0 Å². The lowest BCUT2D eigenvalue weighted by Gasteiger charge is -2.07. The molecule has 0 aliphatic heterocycles. The standard InChI is InChI=1S/C10H9FN2O/c11-9-3-1-8(2-4-9)5-10(6-14)13-7-12/h1-4,6,10,13H,5H2/t10-/m0/s1. The number of hydrogen-bond donors (Lipinski definition) is 1. The molecule has 0 radical (unpaired) electrons. The van der Waals surface area contributed by atoms with Crippen LogP contribution in [0.25, 0.3) is 0 Å². The van der Waals surface area contributed by atoms with Crippen molar-refractivity contribution in [3.8, 4) is 6.19 Å². The highest BCUT2D eigenvalue weighted by Gasteiger charge is 2.06. The second-order valence-corrected chi connectivity index (χ2v) is 2.83. The highest BCUT2D eigenvalue weighted by atomic mass is 19.1. The van der Waals surface area contributed by atoms with Crippen LogP contribution in [0.5, 0.6) is 0 Å². The van der Waals surface area contributed by atoms with Crippen molar-refractivity contribution in [2.45, 2.75) is 12.5 Å². The Hall–Kier alpha value is -1.89. The summed E-state index contributed by atoms with van der Waals surface area (Å²) in [5.74, 6) is -0.315. The first kappa shape index (κ1) is 10.2. The van der Waals surface area contributed by atoms with E-state index in [2.05, 4.69) is 5.32 Å². The first-order chi connectivity index (χ1) is 6.76. The number of halogens is 1. The molecule has 0 saturated carbocycles. The third kappa shape index (κ3) is 2.87. The lowest BCUT2D eigenvalue weighted by Crippen LogP contribution is -2.28. The quantitative estimate of drug-likeness (QED) is 0.440. The minimum absolute atomic E-state index is 0.315. The van der Waals surface area contributed by atoms with Crippen molar-refractivity contribution >= 4 is 6.29 Å². The van der Waals surface area contributed by atoms with Crippen molar-refractivity contribution in [3.63, 3.8) is 0 Å². The zero-order valence-electron chi connectivity index (χ0n) is 7.40. The zero-order chi connectivity index (χ0) is 10.4. The Kier molecular flexibility index (Phi) is 3.62. The topological polar surface area (TPSA) is 52.9 Å². The number of hydrogen-bond acceptors (Lipinski definition) is 3. The minimum Gasteiger partial charge on any atom is -0.313 e. The van der Waals surface area contributed by atoms with Crippen molar-refractivity contribution in [1.82, 2.24) is 5.32 Å². The average Bonchev–Trinajstić information content (AvgIpc) is 2.20. The largest absolute Gasteiger partial charge is 0.313 e. The first-order valence-electron chi connectivity index (χ1n) is 4.10. The molecular formula is C10H9FN2O. The van der Waals surface area contributed by atoms with Crippen LogP contribution in [-0.2, 0) is 11.2 Å². The van der Waals surface area contributed by atoms with Gasteiger partial charge < -0.3 is 10.1 Å². The number of rotatable bonds is 4. The molecule has 0 unspecified atom stereocenters. The van der Waals surface area contributed by atoms with Gasteiger partial charge in [-0.1, -0.05) is 12.1 Å². The number of nitrogens with zero attached hydrogens (tertiary/aromatic N) is 1. The molecule has 0 fully saturated rings. The molecule has 0 amide bonds.